The van der Waals surface area contributed by atoms with Gasteiger partial charge >= 0.3 is 0 Å². The molecule has 0 bridgehead atoms. The van der Waals surface area contributed by atoms with Crippen LogP contribution in [0.25, 0.3) is 17.3 Å². The van der Waals surface area contributed by atoms with E-state index in [0.29, 0.717) is 11.3 Å². The quantitative estimate of drug-likeness (QED) is 0.788. The summed E-state index contributed by atoms with van der Waals surface area (Å²) in [6.45, 7) is 1.79. The zero-order chi connectivity index (χ0) is 15.9. The van der Waals surface area contributed by atoms with E-state index in [2.05, 4.69) is 4.98 Å². The number of pyridine rings is 1. The Bertz CT molecular complexity index is 636. The van der Waals surface area contributed by atoms with Gasteiger partial charge in [0.15, 0.2) is 0 Å². The van der Waals surface area contributed by atoms with Crippen LogP contribution in [0, 0.1) is 5.82 Å². The van der Waals surface area contributed by atoms with Gasteiger partial charge in [0.2, 0.25) is 0 Å². The summed E-state index contributed by atoms with van der Waals surface area (Å²) in [6.07, 6.45) is 8.08. The summed E-state index contributed by atoms with van der Waals surface area (Å²) in [5.74, 6) is -0.591. The largest absolute Gasteiger partial charge is 0.508 e. The smallest absolute Gasteiger partial charge is 0.136 e. The number of hydrogen-bond acceptors (Lipinski definition) is 3. The number of rotatable bonds is 6. The van der Waals surface area contributed by atoms with E-state index in [-0.39, 0.29) is 11.9 Å². The number of nitrogens with zero attached hydrogens (tertiary/aromatic N) is 1. The first-order valence-corrected chi connectivity index (χ1v) is 7.36. The van der Waals surface area contributed by atoms with Gasteiger partial charge in [0.25, 0.3) is 0 Å². The van der Waals surface area contributed by atoms with E-state index in [1.807, 2.05) is 18.2 Å². The second-order valence-electron chi connectivity index (χ2n) is 5.32. The number of phenols is 1. The molecule has 0 fully saturated rings. The third kappa shape index (κ3) is 4.67. The van der Waals surface area contributed by atoms with Crippen LogP contribution in [0.2, 0.25) is 0 Å². The number of unbranched alkanes of at least 4 members (excludes halogenated alkanes) is 1. The molecular formula is C18H20FNO2. The van der Waals surface area contributed by atoms with Crippen LogP contribution < -0.4 is 0 Å². The monoisotopic (exact) mass is 301 g/mol. The Hall–Kier alpha value is -2.20. The standard InChI is InChI=1S/C18H20FNO2/c1-13(21)5-3-2-4-6-14-7-10-18(20-12-14)16-9-8-15(22)11-17(16)19/h4,6-13,21-22H,2-3,5H2,1H3. The van der Waals surface area contributed by atoms with Crippen LogP contribution in [-0.2, 0) is 0 Å². The molecule has 1 aromatic carbocycles. The number of aliphatic hydroxyl groups excluding tert-OH is 1. The fourth-order valence-corrected chi connectivity index (χ4v) is 2.13. The number of aromatic nitrogens is 1. The van der Waals surface area contributed by atoms with Gasteiger partial charge in [-0.2, -0.15) is 0 Å². The summed E-state index contributed by atoms with van der Waals surface area (Å²) < 4.78 is 13.8. The van der Waals surface area contributed by atoms with E-state index in [1.54, 1.807) is 19.2 Å². The van der Waals surface area contributed by atoms with Gasteiger partial charge in [-0.15, -0.1) is 0 Å². The maximum Gasteiger partial charge on any atom is 0.136 e. The Labute approximate surface area is 129 Å². The molecule has 2 N–H and O–H groups in total. The molecule has 1 atom stereocenters. The molecule has 0 spiro atoms. The van der Waals surface area contributed by atoms with Gasteiger partial charge in [-0.25, -0.2) is 4.39 Å². The van der Waals surface area contributed by atoms with Gasteiger partial charge in [-0.3, -0.25) is 4.98 Å². The van der Waals surface area contributed by atoms with Crippen molar-refractivity contribution in [3.05, 3.63) is 54.0 Å². The minimum atomic E-state index is -0.492. The number of phenolic OH excluding ortho intramolecular Hbond substituents is 1. The van der Waals surface area contributed by atoms with Gasteiger partial charge in [0.05, 0.1) is 11.8 Å². The van der Waals surface area contributed by atoms with Gasteiger partial charge in [0, 0.05) is 17.8 Å². The minimum absolute atomic E-state index is 0.0991. The maximum absolute atomic E-state index is 13.8. The highest BCUT2D eigenvalue weighted by Gasteiger charge is 2.06. The first-order valence-electron chi connectivity index (χ1n) is 7.36. The number of halogens is 1. The lowest BCUT2D eigenvalue weighted by Crippen LogP contribution is -1.97. The minimum Gasteiger partial charge on any atom is -0.508 e. The molecule has 0 radical (unpaired) electrons. The summed E-state index contributed by atoms with van der Waals surface area (Å²) in [6, 6.07) is 7.66. The van der Waals surface area contributed by atoms with Crippen molar-refractivity contribution in [3.8, 4) is 17.0 Å². The molecule has 2 aromatic rings. The van der Waals surface area contributed by atoms with Crippen LogP contribution in [0.4, 0.5) is 4.39 Å². The van der Waals surface area contributed by atoms with Crippen LogP contribution in [0.5, 0.6) is 5.75 Å². The SMILES string of the molecule is CC(O)CCCC=Cc1ccc(-c2ccc(O)cc2F)nc1. The lowest BCUT2D eigenvalue weighted by Gasteiger charge is -2.04. The van der Waals surface area contributed by atoms with E-state index in [9.17, 15) is 9.50 Å². The lowest BCUT2D eigenvalue weighted by atomic mass is 10.1. The first-order chi connectivity index (χ1) is 10.6. The van der Waals surface area contributed by atoms with Crippen molar-refractivity contribution < 1.29 is 14.6 Å². The summed E-state index contributed by atoms with van der Waals surface area (Å²) in [4.78, 5) is 4.25. The number of hydrogen-bond donors (Lipinski definition) is 2. The number of aromatic hydroxyl groups is 1. The van der Waals surface area contributed by atoms with Crippen molar-refractivity contribution in [2.75, 3.05) is 0 Å². The van der Waals surface area contributed by atoms with Crippen LogP contribution >= 0.6 is 0 Å². The zero-order valence-electron chi connectivity index (χ0n) is 12.5. The third-order valence-corrected chi connectivity index (χ3v) is 3.32. The molecule has 1 heterocycles. The highest BCUT2D eigenvalue weighted by Crippen LogP contribution is 2.24. The number of allylic oxidation sites excluding steroid dienone is 1. The molecule has 0 aliphatic heterocycles. The molecule has 0 saturated heterocycles. The molecule has 22 heavy (non-hydrogen) atoms. The molecule has 1 aromatic heterocycles. The Morgan fingerprint density at radius 2 is 2.09 bits per heavy atom. The summed E-state index contributed by atoms with van der Waals surface area (Å²) >= 11 is 0. The maximum atomic E-state index is 13.8. The van der Waals surface area contributed by atoms with Crippen molar-refractivity contribution in [1.29, 1.82) is 0 Å². The highest BCUT2D eigenvalue weighted by molar-refractivity contribution is 5.62. The molecule has 0 amide bonds. The topological polar surface area (TPSA) is 53.4 Å². The van der Waals surface area contributed by atoms with Gasteiger partial charge < -0.3 is 10.2 Å². The van der Waals surface area contributed by atoms with E-state index in [4.69, 9.17) is 5.11 Å². The van der Waals surface area contributed by atoms with Gasteiger partial charge in [-0.1, -0.05) is 18.2 Å². The molecule has 3 nitrogen and oxygen atoms in total. The molecule has 1 unspecified atom stereocenters. The average Bonchev–Trinajstić information content (AvgIpc) is 2.47. The van der Waals surface area contributed by atoms with Crippen molar-refractivity contribution in [2.45, 2.75) is 32.3 Å². The lowest BCUT2D eigenvalue weighted by molar-refractivity contribution is 0.182. The van der Waals surface area contributed by atoms with E-state index in [0.717, 1.165) is 30.9 Å². The third-order valence-electron chi connectivity index (χ3n) is 3.32. The van der Waals surface area contributed by atoms with Crippen LogP contribution in [0.3, 0.4) is 0 Å². The van der Waals surface area contributed by atoms with Crippen molar-refractivity contribution in [3.63, 3.8) is 0 Å². The van der Waals surface area contributed by atoms with Crippen LogP contribution in [-0.4, -0.2) is 21.3 Å². The van der Waals surface area contributed by atoms with Crippen LogP contribution in [0.15, 0.2) is 42.6 Å². The first kappa shape index (κ1) is 16.2. The number of benzene rings is 1. The average molecular weight is 301 g/mol. The number of aliphatic hydroxyl groups is 1. The molecule has 0 saturated carbocycles. The molecule has 0 aliphatic carbocycles. The Morgan fingerprint density at radius 3 is 2.73 bits per heavy atom. The highest BCUT2D eigenvalue weighted by atomic mass is 19.1. The fraction of sp³-hybridized carbons (Fsp3) is 0.278. The summed E-state index contributed by atoms with van der Waals surface area (Å²) in [7, 11) is 0. The van der Waals surface area contributed by atoms with Crippen molar-refractivity contribution in [2.24, 2.45) is 0 Å². The van der Waals surface area contributed by atoms with Gasteiger partial charge in [-0.05, 0) is 49.9 Å². The van der Waals surface area contributed by atoms with Crippen LogP contribution in [0.1, 0.15) is 31.7 Å². The second kappa shape index (κ2) is 7.71. The Balaban J connectivity index is 1.99. The predicted molar refractivity (Wildman–Crippen MR) is 85.9 cm³/mol. The van der Waals surface area contributed by atoms with E-state index in [1.165, 1.54) is 12.1 Å². The summed E-state index contributed by atoms with van der Waals surface area (Å²) in [5.41, 5.74) is 1.84. The second-order valence-corrected chi connectivity index (χ2v) is 5.32. The molecule has 116 valence electrons. The van der Waals surface area contributed by atoms with Crippen molar-refractivity contribution in [1.82, 2.24) is 4.98 Å². The molecule has 0 aliphatic rings. The molecular weight excluding hydrogens is 281 g/mol. The predicted octanol–water partition coefficient (Wildman–Crippen LogP) is 4.16. The zero-order valence-corrected chi connectivity index (χ0v) is 12.5. The van der Waals surface area contributed by atoms with E-state index < -0.39 is 5.82 Å². The fourth-order valence-electron chi connectivity index (χ4n) is 2.13. The normalized spacial score (nSPS) is 12.7. The molecule has 2 rings (SSSR count). The van der Waals surface area contributed by atoms with Crippen molar-refractivity contribution >= 4 is 6.08 Å². The Morgan fingerprint density at radius 1 is 1.27 bits per heavy atom. The molecule has 4 heteroatoms. The summed E-state index contributed by atoms with van der Waals surface area (Å²) in [5, 5.41) is 18.4. The van der Waals surface area contributed by atoms with E-state index >= 15 is 0 Å². The Kier molecular flexibility index (Phi) is 5.67. The van der Waals surface area contributed by atoms with Gasteiger partial charge in [0.1, 0.15) is 11.6 Å².